The van der Waals surface area contributed by atoms with Crippen molar-refractivity contribution in [1.29, 1.82) is 0 Å². The van der Waals surface area contributed by atoms with E-state index in [1.54, 1.807) is 0 Å². The van der Waals surface area contributed by atoms with E-state index in [0.717, 1.165) is 12.8 Å². The molecule has 0 spiro atoms. The fraction of sp³-hybridized carbons (Fsp3) is 0.429. The van der Waals surface area contributed by atoms with Crippen LogP contribution in [0, 0.1) is 12.2 Å². The molecule has 0 nitrogen and oxygen atoms in total. The first-order valence-electron chi connectivity index (χ1n) is 5.41. The molecule has 2 aliphatic rings. The van der Waals surface area contributed by atoms with Crippen LogP contribution in [0.15, 0.2) is 36.0 Å². The van der Waals surface area contributed by atoms with Gasteiger partial charge in [-0.1, -0.05) is 26.2 Å². The van der Waals surface area contributed by atoms with Crippen LogP contribution in [0.3, 0.4) is 0 Å². The number of unbranched alkanes of at least 4 members (excludes halogenated alkanes) is 1. The molecule has 2 aliphatic carbocycles. The van der Waals surface area contributed by atoms with Crippen LogP contribution in [-0.2, 0) is 26.2 Å². The minimum Gasteiger partial charge on any atom is -1.00 e. The molecule has 0 aromatic heterocycles. The van der Waals surface area contributed by atoms with Gasteiger partial charge in [-0.15, -0.1) is 12.8 Å². The standard InChI is InChI=1S/C9H13.C5H5.Zr.2H/c1-2-3-6-9-7-4-5-8-9;1-2-4-5-3-1;;;/h4,7H,2-3,5-6H2,1H3;1-3H,4H2;;;/q2*-1;+2;2*-1. The molecule has 0 unspecified atom stereocenters. The van der Waals surface area contributed by atoms with Crippen LogP contribution in [0.1, 0.15) is 41.9 Å². The van der Waals surface area contributed by atoms with Crippen LogP contribution in [0.25, 0.3) is 0 Å². The van der Waals surface area contributed by atoms with Gasteiger partial charge in [0.1, 0.15) is 0 Å². The second-order valence-electron chi connectivity index (χ2n) is 3.42. The molecule has 0 atom stereocenters. The molecule has 0 bridgehead atoms. The number of hydrogen-bond acceptors (Lipinski definition) is 0. The Balaban J connectivity index is -0.000000216. The van der Waals surface area contributed by atoms with Crippen molar-refractivity contribution in [2.24, 2.45) is 0 Å². The molecule has 0 aliphatic heterocycles. The molecule has 0 amide bonds. The maximum atomic E-state index is 3.30. The Morgan fingerprint density at radius 1 is 1.33 bits per heavy atom. The average molecular weight is 280 g/mol. The average Bonchev–Trinajstić information content (AvgIpc) is 2.90. The maximum Gasteiger partial charge on any atom is 2.00 e. The summed E-state index contributed by atoms with van der Waals surface area (Å²) in [6.45, 7) is 2.22. The van der Waals surface area contributed by atoms with Gasteiger partial charge < -0.3 is 2.85 Å². The SMILES string of the molecule is CCCCC1=[C-]CC=C1.[C-]1=CC=CC1.[H-].[H-].[Zr+2]. The zero-order chi connectivity index (χ0) is 10.1. The van der Waals surface area contributed by atoms with Crippen molar-refractivity contribution >= 4 is 0 Å². The third-order valence-electron chi connectivity index (χ3n) is 2.15. The zero-order valence-corrected chi connectivity index (χ0v) is 11.9. The molecule has 0 aromatic rings. The predicted molar refractivity (Wildman–Crippen MR) is 63.8 cm³/mol. The summed E-state index contributed by atoms with van der Waals surface area (Å²) in [5, 5.41) is 0. The summed E-state index contributed by atoms with van der Waals surface area (Å²) in [7, 11) is 0. The Kier molecular flexibility index (Phi) is 10.3. The quantitative estimate of drug-likeness (QED) is 0.672. The summed E-state index contributed by atoms with van der Waals surface area (Å²) < 4.78 is 0. The second kappa shape index (κ2) is 10.4. The molecule has 0 heterocycles. The first-order valence-corrected chi connectivity index (χ1v) is 5.41. The van der Waals surface area contributed by atoms with Crippen LogP contribution in [0.4, 0.5) is 0 Å². The fourth-order valence-corrected chi connectivity index (χ4v) is 1.33. The Bertz CT molecular complexity index is 255. The first-order chi connectivity index (χ1) is 6.93. The van der Waals surface area contributed by atoms with Crippen molar-refractivity contribution in [3.8, 4) is 0 Å². The maximum absolute atomic E-state index is 3.30. The van der Waals surface area contributed by atoms with Crippen LogP contribution in [0.2, 0.25) is 0 Å². The number of allylic oxidation sites excluding steroid dienone is 8. The van der Waals surface area contributed by atoms with E-state index in [4.69, 9.17) is 0 Å². The number of hydrogen-bond donors (Lipinski definition) is 0. The summed E-state index contributed by atoms with van der Waals surface area (Å²) in [6.07, 6.45) is 22.5. The Labute approximate surface area is 116 Å². The monoisotopic (exact) mass is 278 g/mol. The molecule has 0 N–H and O–H groups in total. The largest absolute Gasteiger partial charge is 2.00 e. The molecule has 15 heavy (non-hydrogen) atoms. The fourth-order valence-electron chi connectivity index (χ4n) is 1.33. The Morgan fingerprint density at radius 3 is 2.60 bits per heavy atom. The molecule has 0 radical (unpaired) electrons. The third kappa shape index (κ3) is 7.74. The minimum atomic E-state index is 0. The minimum absolute atomic E-state index is 0. The molecular weight excluding hydrogens is 259 g/mol. The van der Waals surface area contributed by atoms with Crippen molar-refractivity contribution < 1.29 is 29.1 Å². The van der Waals surface area contributed by atoms with E-state index < -0.39 is 0 Å². The van der Waals surface area contributed by atoms with Crippen LogP contribution >= 0.6 is 0 Å². The third-order valence-corrected chi connectivity index (χ3v) is 2.15. The smallest absolute Gasteiger partial charge is 1.00 e. The van der Waals surface area contributed by atoms with Crippen molar-refractivity contribution in [1.82, 2.24) is 0 Å². The molecule has 82 valence electrons. The van der Waals surface area contributed by atoms with Crippen molar-refractivity contribution in [3.63, 3.8) is 0 Å². The molecule has 2 rings (SSSR count). The Hall–Kier alpha value is -0.157. The van der Waals surface area contributed by atoms with E-state index in [9.17, 15) is 0 Å². The van der Waals surface area contributed by atoms with Crippen molar-refractivity contribution in [2.45, 2.75) is 39.0 Å². The van der Waals surface area contributed by atoms with Gasteiger partial charge in [-0.2, -0.15) is 12.2 Å². The van der Waals surface area contributed by atoms with Crippen LogP contribution < -0.4 is 0 Å². The molecule has 0 saturated heterocycles. The van der Waals surface area contributed by atoms with Gasteiger partial charge in [0.2, 0.25) is 0 Å². The molecule has 1 heteroatoms. The van der Waals surface area contributed by atoms with Gasteiger partial charge in [-0.05, 0) is 0 Å². The Morgan fingerprint density at radius 2 is 2.20 bits per heavy atom. The van der Waals surface area contributed by atoms with E-state index in [1.165, 1.54) is 24.8 Å². The van der Waals surface area contributed by atoms with Crippen LogP contribution in [-0.4, -0.2) is 0 Å². The zero-order valence-electron chi connectivity index (χ0n) is 11.4. The summed E-state index contributed by atoms with van der Waals surface area (Å²) in [5.41, 5.74) is 1.41. The van der Waals surface area contributed by atoms with Gasteiger partial charge in [0.25, 0.3) is 0 Å². The molecule has 0 fully saturated rings. The number of rotatable bonds is 3. The summed E-state index contributed by atoms with van der Waals surface area (Å²) >= 11 is 0. The summed E-state index contributed by atoms with van der Waals surface area (Å²) in [4.78, 5) is 0. The molecule has 0 saturated carbocycles. The van der Waals surface area contributed by atoms with E-state index in [-0.39, 0.29) is 29.1 Å². The van der Waals surface area contributed by atoms with E-state index >= 15 is 0 Å². The predicted octanol–water partition coefficient (Wildman–Crippen LogP) is 4.39. The van der Waals surface area contributed by atoms with Crippen LogP contribution in [0.5, 0.6) is 0 Å². The summed E-state index contributed by atoms with van der Waals surface area (Å²) in [6, 6.07) is 0. The second-order valence-corrected chi connectivity index (χ2v) is 3.42. The topological polar surface area (TPSA) is 0 Å². The molecular formula is C14H20Zr-2. The normalized spacial score (nSPS) is 15.7. The van der Waals surface area contributed by atoms with Gasteiger partial charge in [-0.25, -0.2) is 23.8 Å². The van der Waals surface area contributed by atoms with Gasteiger partial charge in [0.15, 0.2) is 0 Å². The van der Waals surface area contributed by atoms with Gasteiger partial charge in [0, 0.05) is 0 Å². The molecule has 0 aromatic carbocycles. The van der Waals surface area contributed by atoms with Crippen molar-refractivity contribution in [3.05, 3.63) is 48.1 Å². The van der Waals surface area contributed by atoms with Gasteiger partial charge in [0.05, 0.1) is 0 Å². The first kappa shape index (κ1) is 14.8. The van der Waals surface area contributed by atoms with Gasteiger partial charge in [-0.3, -0.25) is 12.2 Å². The van der Waals surface area contributed by atoms with E-state index in [1.807, 2.05) is 12.2 Å². The van der Waals surface area contributed by atoms with Gasteiger partial charge >= 0.3 is 26.2 Å². The van der Waals surface area contributed by atoms with E-state index in [2.05, 4.69) is 37.3 Å². The summed E-state index contributed by atoms with van der Waals surface area (Å²) in [5.74, 6) is 0. The van der Waals surface area contributed by atoms with E-state index in [0.29, 0.717) is 0 Å². The van der Waals surface area contributed by atoms with Crippen molar-refractivity contribution in [2.75, 3.05) is 0 Å².